The van der Waals surface area contributed by atoms with E-state index in [1.165, 1.54) is 6.07 Å². The van der Waals surface area contributed by atoms with Crippen LogP contribution in [0.3, 0.4) is 0 Å². The molecule has 33 heavy (non-hydrogen) atoms. The van der Waals surface area contributed by atoms with Crippen molar-refractivity contribution in [3.05, 3.63) is 100 Å². The number of imide groups is 1. The summed E-state index contributed by atoms with van der Waals surface area (Å²) in [6.07, 6.45) is -0.845. The van der Waals surface area contributed by atoms with Gasteiger partial charge in [0.15, 0.2) is 5.54 Å². The molecule has 170 valence electrons. The Kier molecular flexibility index (Phi) is 6.88. The van der Waals surface area contributed by atoms with Crippen LogP contribution in [0, 0.1) is 0 Å². The van der Waals surface area contributed by atoms with Gasteiger partial charge in [0.2, 0.25) is 0 Å². The number of carbonyl (C=O) groups is 2. The molecule has 2 unspecified atom stereocenters. The summed E-state index contributed by atoms with van der Waals surface area (Å²) in [5, 5.41) is 14.2. The minimum absolute atomic E-state index is 0.172. The Hall–Kier alpha value is -3.06. The van der Waals surface area contributed by atoms with Crippen LogP contribution in [0.4, 0.5) is 4.79 Å². The Balaban J connectivity index is 1.53. The molecule has 0 aromatic heterocycles. The molecular weight excluding hydrogens is 463 g/mol. The summed E-state index contributed by atoms with van der Waals surface area (Å²) in [5.41, 5.74) is 0.304. The maximum Gasteiger partial charge on any atom is 0.325 e. The van der Waals surface area contributed by atoms with Gasteiger partial charge in [0, 0.05) is 17.5 Å². The first-order valence-corrected chi connectivity index (χ1v) is 11.1. The summed E-state index contributed by atoms with van der Waals surface area (Å²) in [7, 11) is 0. The van der Waals surface area contributed by atoms with E-state index in [0.29, 0.717) is 21.4 Å². The van der Waals surface area contributed by atoms with Crippen LogP contribution in [0.15, 0.2) is 78.9 Å². The van der Waals surface area contributed by atoms with E-state index in [9.17, 15) is 14.7 Å². The van der Waals surface area contributed by atoms with E-state index >= 15 is 0 Å². The number of urea groups is 1. The van der Waals surface area contributed by atoms with E-state index in [1.54, 1.807) is 12.1 Å². The van der Waals surface area contributed by atoms with E-state index in [2.05, 4.69) is 5.32 Å². The van der Waals surface area contributed by atoms with Crippen LogP contribution in [0.2, 0.25) is 10.0 Å². The molecule has 3 aromatic rings. The van der Waals surface area contributed by atoms with E-state index in [0.717, 1.165) is 10.5 Å². The predicted octanol–water partition coefficient (Wildman–Crippen LogP) is 4.42. The average Bonchev–Trinajstić information content (AvgIpc) is 3.06. The molecule has 0 aliphatic carbocycles. The lowest BCUT2D eigenvalue weighted by Gasteiger charge is -2.28. The number of carbonyl (C=O) groups excluding carboxylic acids is 2. The Morgan fingerprint density at radius 3 is 2.33 bits per heavy atom. The molecule has 1 aliphatic rings. The number of aliphatic hydroxyl groups is 1. The van der Waals surface area contributed by atoms with Crippen molar-refractivity contribution < 1.29 is 19.4 Å². The summed E-state index contributed by atoms with van der Waals surface area (Å²) in [6, 6.07) is 22.8. The second-order valence-electron chi connectivity index (χ2n) is 7.82. The quantitative estimate of drug-likeness (QED) is 0.463. The lowest BCUT2D eigenvalue weighted by Crippen LogP contribution is -2.46. The fraction of sp³-hybridized carbons (Fsp3) is 0.200. The largest absolute Gasteiger partial charge is 0.489 e. The number of aliphatic hydroxyl groups excluding tert-OH is 1. The number of nitrogens with one attached hydrogen (secondary N) is 1. The second kappa shape index (κ2) is 9.83. The Morgan fingerprint density at radius 1 is 0.970 bits per heavy atom. The van der Waals surface area contributed by atoms with Gasteiger partial charge in [-0.25, -0.2) is 4.79 Å². The van der Waals surface area contributed by atoms with Crippen molar-refractivity contribution in [2.24, 2.45) is 0 Å². The Bertz CT molecular complexity index is 1140. The molecule has 6 nitrogen and oxygen atoms in total. The van der Waals surface area contributed by atoms with Crippen molar-refractivity contribution in [2.45, 2.75) is 18.1 Å². The van der Waals surface area contributed by atoms with Gasteiger partial charge in [0.1, 0.15) is 18.5 Å². The molecule has 3 amide bonds. The third-order valence-electron chi connectivity index (χ3n) is 5.47. The topological polar surface area (TPSA) is 78.9 Å². The third kappa shape index (κ3) is 4.98. The number of ether oxygens (including phenoxy) is 1. The van der Waals surface area contributed by atoms with Gasteiger partial charge in [0.05, 0.1) is 11.6 Å². The van der Waals surface area contributed by atoms with Gasteiger partial charge in [-0.3, -0.25) is 9.69 Å². The molecule has 8 heteroatoms. The highest BCUT2D eigenvalue weighted by atomic mass is 35.5. The zero-order valence-electron chi connectivity index (χ0n) is 17.6. The first kappa shape index (κ1) is 23.1. The first-order valence-electron chi connectivity index (χ1n) is 10.4. The molecule has 0 bridgehead atoms. The number of benzene rings is 3. The van der Waals surface area contributed by atoms with Crippen molar-refractivity contribution in [1.29, 1.82) is 0 Å². The average molecular weight is 485 g/mol. The molecule has 1 aliphatic heterocycles. The summed E-state index contributed by atoms with van der Waals surface area (Å²) in [5.74, 6) is -0.120. The van der Waals surface area contributed by atoms with E-state index in [4.69, 9.17) is 27.9 Å². The number of amides is 3. The molecule has 1 heterocycles. The van der Waals surface area contributed by atoms with Crippen LogP contribution < -0.4 is 10.1 Å². The normalized spacial score (nSPS) is 18.8. The number of rotatable bonds is 8. The van der Waals surface area contributed by atoms with Crippen LogP contribution in [-0.2, 0) is 16.8 Å². The maximum absolute atomic E-state index is 13.6. The monoisotopic (exact) mass is 484 g/mol. The van der Waals surface area contributed by atoms with Gasteiger partial charge in [-0.2, -0.15) is 0 Å². The summed E-state index contributed by atoms with van der Waals surface area (Å²) in [4.78, 5) is 27.5. The van der Waals surface area contributed by atoms with Crippen LogP contribution >= 0.6 is 23.2 Å². The van der Waals surface area contributed by atoms with Crippen molar-refractivity contribution in [3.8, 4) is 5.75 Å². The van der Waals surface area contributed by atoms with E-state index < -0.39 is 23.6 Å². The molecule has 1 fully saturated rings. The van der Waals surface area contributed by atoms with Crippen LogP contribution in [0.25, 0.3) is 0 Å². The highest BCUT2D eigenvalue weighted by Crippen LogP contribution is 2.33. The fourth-order valence-electron chi connectivity index (χ4n) is 3.87. The minimum atomic E-state index is -1.27. The van der Waals surface area contributed by atoms with Crippen LogP contribution in [-0.4, -0.2) is 41.2 Å². The van der Waals surface area contributed by atoms with Gasteiger partial charge in [-0.15, -0.1) is 0 Å². The van der Waals surface area contributed by atoms with Gasteiger partial charge < -0.3 is 15.2 Å². The molecule has 0 spiro atoms. The third-order valence-corrected chi connectivity index (χ3v) is 6.02. The lowest BCUT2D eigenvalue weighted by atomic mass is 9.83. The second-order valence-corrected chi connectivity index (χ2v) is 8.66. The summed E-state index contributed by atoms with van der Waals surface area (Å²) in [6.45, 7) is -0.402. The van der Waals surface area contributed by atoms with Crippen molar-refractivity contribution in [3.63, 3.8) is 0 Å². The highest BCUT2D eigenvalue weighted by Gasteiger charge is 2.52. The molecule has 2 atom stereocenters. The minimum Gasteiger partial charge on any atom is -0.489 e. The molecular formula is C25H22Cl2N2O4. The summed E-state index contributed by atoms with van der Waals surface area (Å²) >= 11 is 12.0. The van der Waals surface area contributed by atoms with E-state index in [1.807, 2.05) is 60.7 Å². The zero-order chi connectivity index (χ0) is 23.4. The van der Waals surface area contributed by atoms with Crippen molar-refractivity contribution in [2.75, 3.05) is 13.2 Å². The highest BCUT2D eigenvalue weighted by molar-refractivity contribution is 6.34. The number of hydrogen-bond donors (Lipinski definition) is 2. The Labute approximate surface area is 201 Å². The van der Waals surface area contributed by atoms with Crippen molar-refractivity contribution >= 4 is 35.1 Å². The predicted molar refractivity (Wildman–Crippen MR) is 126 cm³/mol. The number of hydrogen-bond acceptors (Lipinski definition) is 4. The fourth-order valence-corrected chi connectivity index (χ4v) is 4.21. The van der Waals surface area contributed by atoms with Crippen molar-refractivity contribution in [1.82, 2.24) is 10.2 Å². The first-order chi connectivity index (χ1) is 15.9. The maximum atomic E-state index is 13.6. The van der Waals surface area contributed by atoms with Crippen LogP contribution in [0.1, 0.15) is 11.1 Å². The molecule has 2 N–H and O–H groups in total. The number of β-amino-alcohol motifs (C(OH)–C–C–N with tert-alkyl or cyclic N) is 1. The molecule has 0 radical (unpaired) electrons. The molecule has 0 saturated carbocycles. The Morgan fingerprint density at radius 2 is 1.64 bits per heavy atom. The zero-order valence-corrected chi connectivity index (χ0v) is 19.1. The smallest absolute Gasteiger partial charge is 0.325 e. The van der Waals surface area contributed by atoms with E-state index in [-0.39, 0.29) is 19.6 Å². The summed E-state index contributed by atoms with van der Waals surface area (Å²) < 4.78 is 5.56. The SMILES string of the molecule is O=C1NC(Cc2ccccc2)(c2ccccc2)C(=O)N1CC(O)COc1cc(Cl)ccc1Cl. The number of halogens is 2. The molecule has 4 rings (SSSR count). The molecule has 1 saturated heterocycles. The van der Waals surface area contributed by atoms with Gasteiger partial charge in [-0.05, 0) is 23.3 Å². The van der Waals surface area contributed by atoms with Gasteiger partial charge in [0.25, 0.3) is 5.91 Å². The molecule has 3 aromatic carbocycles. The van der Waals surface area contributed by atoms with Gasteiger partial charge >= 0.3 is 6.03 Å². The van der Waals surface area contributed by atoms with Gasteiger partial charge in [-0.1, -0.05) is 83.9 Å². The standard InChI is InChI=1S/C25H22Cl2N2O4/c26-19-11-12-21(27)22(13-19)33-16-20(30)15-29-23(31)25(28-24(29)32,18-9-5-2-6-10-18)14-17-7-3-1-4-8-17/h1-13,20,30H,14-16H2,(H,28,32). The van der Waals surface area contributed by atoms with Crippen LogP contribution in [0.5, 0.6) is 5.75 Å². The lowest BCUT2D eigenvalue weighted by molar-refractivity contribution is -0.132. The number of nitrogens with zero attached hydrogens (tertiary/aromatic N) is 1.